The van der Waals surface area contributed by atoms with Crippen LogP contribution in [0.25, 0.3) is 0 Å². The number of aliphatic hydroxyl groups is 1. The summed E-state index contributed by atoms with van der Waals surface area (Å²) >= 11 is 0. The molecule has 1 aliphatic carbocycles. The molecule has 2 aromatic heterocycles. The maximum Gasteiger partial charge on any atom is 0.320 e. The van der Waals surface area contributed by atoms with Crippen molar-refractivity contribution >= 4 is 11.8 Å². The van der Waals surface area contributed by atoms with E-state index in [4.69, 9.17) is 4.42 Å². The van der Waals surface area contributed by atoms with Crippen molar-refractivity contribution in [3.05, 3.63) is 36.4 Å². The summed E-state index contributed by atoms with van der Waals surface area (Å²) in [6, 6.07) is 5.13. The van der Waals surface area contributed by atoms with E-state index in [1.165, 1.54) is 25.5 Å². The Morgan fingerprint density at radius 1 is 1.40 bits per heavy atom. The number of nitrogens with one attached hydrogen (secondary N) is 2. The zero-order chi connectivity index (χ0) is 17.6. The van der Waals surface area contributed by atoms with E-state index in [0.717, 1.165) is 12.8 Å². The molecule has 136 valence electrons. The van der Waals surface area contributed by atoms with Crippen LogP contribution in [0.4, 0.5) is 10.6 Å². The van der Waals surface area contributed by atoms with Gasteiger partial charge in [0.1, 0.15) is 17.7 Å². The first kappa shape index (κ1) is 17.5. The van der Waals surface area contributed by atoms with Gasteiger partial charge in [-0.1, -0.05) is 19.3 Å². The lowest BCUT2D eigenvalue weighted by Crippen LogP contribution is -2.37. The van der Waals surface area contributed by atoms with Gasteiger partial charge in [0, 0.05) is 18.5 Å². The second kappa shape index (κ2) is 8.20. The van der Waals surface area contributed by atoms with Gasteiger partial charge in [0.25, 0.3) is 0 Å². The molecule has 7 nitrogen and oxygen atoms in total. The Kier molecular flexibility index (Phi) is 5.75. The van der Waals surface area contributed by atoms with Crippen molar-refractivity contribution < 1.29 is 14.3 Å². The summed E-state index contributed by atoms with van der Waals surface area (Å²) in [5, 5.41) is 20.2. The fourth-order valence-corrected chi connectivity index (χ4v) is 3.40. The van der Waals surface area contributed by atoms with Crippen LogP contribution in [0, 0.1) is 0 Å². The minimum Gasteiger partial charge on any atom is -0.467 e. The molecule has 0 aromatic carbocycles. The molecular formula is C18H26N4O3. The van der Waals surface area contributed by atoms with E-state index in [1.54, 1.807) is 18.3 Å². The number of aliphatic hydroxyl groups excluding tert-OH is 1. The molecule has 2 aromatic rings. The summed E-state index contributed by atoms with van der Waals surface area (Å²) < 4.78 is 7.10. The molecule has 1 fully saturated rings. The zero-order valence-electron chi connectivity index (χ0n) is 14.5. The Balaban J connectivity index is 1.51. The minimum atomic E-state index is -0.738. The van der Waals surface area contributed by atoms with Gasteiger partial charge in [-0.15, -0.1) is 0 Å². The van der Waals surface area contributed by atoms with Crippen LogP contribution >= 0.6 is 0 Å². The van der Waals surface area contributed by atoms with Crippen molar-refractivity contribution in [3.8, 4) is 0 Å². The first-order valence-electron chi connectivity index (χ1n) is 8.96. The number of furan rings is 1. The number of anilines is 1. The molecule has 0 aliphatic heterocycles. The summed E-state index contributed by atoms with van der Waals surface area (Å²) in [6.45, 7) is 1.85. The van der Waals surface area contributed by atoms with E-state index in [-0.39, 0.29) is 12.1 Å². The van der Waals surface area contributed by atoms with Crippen LogP contribution in [0.2, 0.25) is 0 Å². The fourth-order valence-electron chi connectivity index (χ4n) is 3.40. The van der Waals surface area contributed by atoms with E-state index >= 15 is 0 Å². The van der Waals surface area contributed by atoms with Gasteiger partial charge in [0.05, 0.1) is 18.5 Å². The third-order valence-corrected chi connectivity index (χ3v) is 4.66. The SMILES string of the molecule is C[C@@H](C[C@@H](O)c1ccco1)NC(=O)Nc1ccnn1C1CCCCC1. The number of carbonyl (C=O) groups excluding carboxylic acids is 1. The van der Waals surface area contributed by atoms with Crippen molar-refractivity contribution in [2.75, 3.05) is 5.32 Å². The minimum absolute atomic E-state index is 0.203. The first-order chi connectivity index (χ1) is 12.1. The Morgan fingerprint density at radius 2 is 2.20 bits per heavy atom. The second-order valence-electron chi connectivity index (χ2n) is 6.72. The third kappa shape index (κ3) is 4.63. The average molecular weight is 346 g/mol. The van der Waals surface area contributed by atoms with Crippen molar-refractivity contribution in [1.82, 2.24) is 15.1 Å². The lowest BCUT2D eigenvalue weighted by Gasteiger charge is -2.24. The number of nitrogens with zero attached hydrogens (tertiary/aromatic N) is 2. The molecule has 1 aliphatic rings. The maximum atomic E-state index is 12.3. The van der Waals surface area contributed by atoms with Gasteiger partial charge in [-0.3, -0.25) is 5.32 Å². The highest BCUT2D eigenvalue weighted by Crippen LogP contribution is 2.29. The number of amides is 2. The lowest BCUT2D eigenvalue weighted by atomic mass is 9.96. The van der Waals surface area contributed by atoms with E-state index in [1.807, 2.05) is 17.7 Å². The van der Waals surface area contributed by atoms with Crippen LogP contribution in [0.3, 0.4) is 0 Å². The van der Waals surface area contributed by atoms with Crippen LogP contribution in [0.15, 0.2) is 35.1 Å². The highest BCUT2D eigenvalue weighted by molar-refractivity contribution is 5.88. The summed E-state index contributed by atoms with van der Waals surface area (Å²) in [5.74, 6) is 1.22. The molecule has 0 radical (unpaired) electrons. The zero-order valence-corrected chi connectivity index (χ0v) is 14.5. The van der Waals surface area contributed by atoms with Gasteiger partial charge in [0.15, 0.2) is 0 Å². The van der Waals surface area contributed by atoms with Gasteiger partial charge in [-0.05, 0) is 31.9 Å². The Morgan fingerprint density at radius 3 is 2.92 bits per heavy atom. The van der Waals surface area contributed by atoms with E-state index in [0.29, 0.717) is 24.0 Å². The smallest absolute Gasteiger partial charge is 0.320 e. The van der Waals surface area contributed by atoms with Crippen LogP contribution in [0.1, 0.15) is 63.4 Å². The van der Waals surface area contributed by atoms with Gasteiger partial charge in [-0.25, -0.2) is 9.48 Å². The quantitative estimate of drug-likeness (QED) is 0.745. The van der Waals surface area contributed by atoms with Gasteiger partial charge < -0.3 is 14.8 Å². The molecule has 0 saturated heterocycles. The molecule has 3 N–H and O–H groups in total. The molecule has 0 bridgehead atoms. The number of carbonyl (C=O) groups is 1. The molecule has 25 heavy (non-hydrogen) atoms. The normalized spacial score (nSPS) is 17.8. The van der Waals surface area contributed by atoms with Crippen LogP contribution in [0.5, 0.6) is 0 Å². The molecule has 1 saturated carbocycles. The maximum absolute atomic E-state index is 12.3. The van der Waals surface area contributed by atoms with Crippen LogP contribution in [-0.4, -0.2) is 27.0 Å². The van der Waals surface area contributed by atoms with Gasteiger partial charge >= 0.3 is 6.03 Å². The summed E-state index contributed by atoms with van der Waals surface area (Å²) in [5.41, 5.74) is 0. The second-order valence-corrected chi connectivity index (χ2v) is 6.72. The molecule has 3 rings (SSSR count). The summed E-state index contributed by atoms with van der Waals surface area (Å²) in [7, 11) is 0. The lowest BCUT2D eigenvalue weighted by molar-refractivity contribution is 0.130. The Labute approximate surface area is 147 Å². The largest absolute Gasteiger partial charge is 0.467 e. The Hall–Kier alpha value is -2.28. The predicted molar refractivity (Wildman–Crippen MR) is 94.3 cm³/mol. The average Bonchev–Trinajstić information content (AvgIpc) is 3.27. The van der Waals surface area contributed by atoms with Crippen molar-refractivity contribution in [1.29, 1.82) is 0 Å². The van der Waals surface area contributed by atoms with Crippen LogP contribution < -0.4 is 10.6 Å². The van der Waals surface area contributed by atoms with E-state index < -0.39 is 6.10 Å². The van der Waals surface area contributed by atoms with Crippen molar-refractivity contribution in [2.45, 2.75) is 63.6 Å². The number of hydrogen-bond acceptors (Lipinski definition) is 4. The third-order valence-electron chi connectivity index (χ3n) is 4.66. The molecule has 0 unspecified atom stereocenters. The van der Waals surface area contributed by atoms with E-state index in [2.05, 4.69) is 15.7 Å². The highest BCUT2D eigenvalue weighted by Gasteiger charge is 2.20. The molecule has 0 spiro atoms. The molecular weight excluding hydrogens is 320 g/mol. The number of aromatic nitrogens is 2. The summed E-state index contributed by atoms with van der Waals surface area (Å²) in [6.07, 6.45) is 8.77. The van der Waals surface area contributed by atoms with Crippen molar-refractivity contribution in [3.63, 3.8) is 0 Å². The fraction of sp³-hybridized carbons (Fsp3) is 0.556. The standard InChI is InChI=1S/C18H26N4O3/c1-13(12-15(23)16-8-5-11-25-16)20-18(24)21-17-9-10-19-22(17)14-6-3-2-4-7-14/h5,8-11,13-15,23H,2-4,6-7,12H2,1H3,(H2,20,21,24)/t13-,15+/m0/s1. The Bertz CT molecular complexity index is 662. The number of hydrogen-bond donors (Lipinski definition) is 3. The topological polar surface area (TPSA) is 92.3 Å². The van der Waals surface area contributed by atoms with Gasteiger partial charge in [-0.2, -0.15) is 5.10 Å². The highest BCUT2D eigenvalue weighted by atomic mass is 16.4. The number of rotatable bonds is 6. The van der Waals surface area contributed by atoms with Crippen molar-refractivity contribution in [2.24, 2.45) is 0 Å². The number of urea groups is 1. The first-order valence-corrected chi connectivity index (χ1v) is 8.96. The van der Waals surface area contributed by atoms with Crippen LogP contribution in [-0.2, 0) is 0 Å². The molecule has 2 heterocycles. The molecule has 2 amide bonds. The molecule has 2 atom stereocenters. The molecule has 7 heteroatoms. The monoisotopic (exact) mass is 346 g/mol. The van der Waals surface area contributed by atoms with E-state index in [9.17, 15) is 9.90 Å². The summed E-state index contributed by atoms with van der Waals surface area (Å²) in [4.78, 5) is 12.3. The predicted octanol–water partition coefficient (Wildman–Crippen LogP) is 3.62. The van der Waals surface area contributed by atoms with Gasteiger partial charge in [0.2, 0.25) is 0 Å².